The molecule has 2 N–H and O–H groups in total. The monoisotopic (exact) mass is 261 g/mol. The molecule has 0 amide bonds. The first kappa shape index (κ1) is 12.9. The molecule has 0 saturated carbocycles. The van der Waals surface area contributed by atoms with Gasteiger partial charge in [0, 0.05) is 16.6 Å². The van der Waals surface area contributed by atoms with Gasteiger partial charge in [-0.25, -0.2) is 0 Å². The first-order valence-electron chi connectivity index (χ1n) is 5.98. The van der Waals surface area contributed by atoms with Crippen molar-refractivity contribution in [3.05, 3.63) is 59.1 Å². The number of nitrogens with two attached hydrogens (primary N) is 1. The summed E-state index contributed by atoms with van der Waals surface area (Å²) < 4.78 is 5.85. The number of para-hydroxylation sites is 1. The fourth-order valence-corrected chi connectivity index (χ4v) is 1.86. The Morgan fingerprint density at radius 2 is 1.78 bits per heavy atom. The van der Waals surface area contributed by atoms with Crippen LogP contribution in [0.25, 0.3) is 0 Å². The second-order valence-electron chi connectivity index (χ2n) is 4.11. The molecule has 18 heavy (non-hydrogen) atoms. The van der Waals surface area contributed by atoms with Crippen molar-refractivity contribution >= 4 is 11.6 Å². The van der Waals surface area contributed by atoms with E-state index in [1.54, 1.807) is 12.1 Å². The van der Waals surface area contributed by atoms with Gasteiger partial charge < -0.3 is 10.5 Å². The van der Waals surface area contributed by atoms with Crippen LogP contribution in [0.15, 0.2) is 48.5 Å². The highest BCUT2D eigenvalue weighted by Gasteiger charge is 2.10. The zero-order valence-corrected chi connectivity index (χ0v) is 11.0. The van der Waals surface area contributed by atoms with Gasteiger partial charge in [0.15, 0.2) is 0 Å². The number of hydrogen-bond donors (Lipinski definition) is 1. The van der Waals surface area contributed by atoms with Gasteiger partial charge in [-0.05, 0) is 36.8 Å². The van der Waals surface area contributed by atoms with Crippen LogP contribution in [-0.2, 0) is 0 Å². The van der Waals surface area contributed by atoms with Crippen LogP contribution in [0, 0.1) is 0 Å². The molecule has 0 bridgehead atoms. The predicted molar refractivity (Wildman–Crippen MR) is 75.2 cm³/mol. The van der Waals surface area contributed by atoms with Crippen molar-refractivity contribution in [2.45, 2.75) is 19.4 Å². The highest BCUT2D eigenvalue weighted by atomic mass is 35.5. The first-order valence-corrected chi connectivity index (χ1v) is 6.36. The molecule has 0 radical (unpaired) electrons. The SMILES string of the molecule is CC[C@H](N)c1ccccc1Oc1ccc(Cl)cc1. The summed E-state index contributed by atoms with van der Waals surface area (Å²) in [6, 6.07) is 15.1. The van der Waals surface area contributed by atoms with Crippen LogP contribution in [0.3, 0.4) is 0 Å². The van der Waals surface area contributed by atoms with E-state index in [1.807, 2.05) is 36.4 Å². The molecule has 0 fully saturated rings. The zero-order chi connectivity index (χ0) is 13.0. The third-order valence-electron chi connectivity index (χ3n) is 2.80. The van der Waals surface area contributed by atoms with Gasteiger partial charge in [0.05, 0.1) is 0 Å². The van der Waals surface area contributed by atoms with Crippen LogP contribution in [0.4, 0.5) is 0 Å². The van der Waals surface area contributed by atoms with E-state index < -0.39 is 0 Å². The average molecular weight is 262 g/mol. The molecule has 2 aromatic carbocycles. The molecule has 1 atom stereocenters. The molecule has 2 rings (SSSR count). The normalized spacial score (nSPS) is 12.2. The maximum atomic E-state index is 6.07. The van der Waals surface area contributed by atoms with E-state index in [-0.39, 0.29) is 6.04 Å². The van der Waals surface area contributed by atoms with Crippen molar-refractivity contribution < 1.29 is 4.74 Å². The van der Waals surface area contributed by atoms with E-state index in [2.05, 4.69) is 6.92 Å². The minimum atomic E-state index is -0.00602. The van der Waals surface area contributed by atoms with E-state index in [1.165, 1.54) is 0 Å². The summed E-state index contributed by atoms with van der Waals surface area (Å²) in [7, 11) is 0. The van der Waals surface area contributed by atoms with Gasteiger partial charge in [-0.2, -0.15) is 0 Å². The van der Waals surface area contributed by atoms with Crippen LogP contribution in [0.5, 0.6) is 11.5 Å². The summed E-state index contributed by atoms with van der Waals surface area (Å²) >= 11 is 5.84. The Morgan fingerprint density at radius 1 is 1.11 bits per heavy atom. The van der Waals surface area contributed by atoms with Gasteiger partial charge in [0.2, 0.25) is 0 Å². The van der Waals surface area contributed by atoms with Gasteiger partial charge in [0.1, 0.15) is 11.5 Å². The molecule has 2 nitrogen and oxygen atoms in total. The van der Waals surface area contributed by atoms with Crippen molar-refractivity contribution in [1.29, 1.82) is 0 Å². The van der Waals surface area contributed by atoms with E-state index in [0.717, 1.165) is 23.5 Å². The third kappa shape index (κ3) is 3.03. The Kier molecular flexibility index (Phi) is 4.24. The lowest BCUT2D eigenvalue weighted by Gasteiger charge is -2.15. The molecule has 3 heteroatoms. The molecular formula is C15H16ClNO. The summed E-state index contributed by atoms with van der Waals surface area (Å²) in [4.78, 5) is 0. The van der Waals surface area contributed by atoms with Crippen molar-refractivity contribution in [2.75, 3.05) is 0 Å². The van der Waals surface area contributed by atoms with Crippen LogP contribution in [0.2, 0.25) is 5.02 Å². The topological polar surface area (TPSA) is 35.2 Å². The molecule has 2 aromatic rings. The van der Waals surface area contributed by atoms with Gasteiger partial charge in [0.25, 0.3) is 0 Å². The van der Waals surface area contributed by atoms with Gasteiger partial charge >= 0.3 is 0 Å². The minimum Gasteiger partial charge on any atom is -0.457 e. The molecule has 0 heterocycles. The zero-order valence-electron chi connectivity index (χ0n) is 10.3. The molecule has 94 valence electrons. The van der Waals surface area contributed by atoms with Crippen molar-refractivity contribution in [3.8, 4) is 11.5 Å². The Bertz CT molecular complexity index is 510. The molecule has 0 saturated heterocycles. The standard InChI is InChI=1S/C15H16ClNO/c1-2-14(17)13-5-3-4-6-15(13)18-12-9-7-11(16)8-10-12/h3-10,14H,2,17H2,1H3/t14-/m0/s1. The molecule has 0 aliphatic heterocycles. The highest BCUT2D eigenvalue weighted by molar-refractivity contribution is 6.30. The summed E-state index contributed by atoms with van der Waals surface area (Å²) in [5.74, 6) is 1.56. The Morgan fingerprint density at radius 3 is 2.44 bits per heavy atom. The summed E-state index contributed by atoms with van der Waals surface area (Å²) in [6.07, 6.45) is 0.876. The van der Waals surface area contributed by atoms with Gasteiger partial charge in [-0.1, -0.05) is 36.7 Å². The second-order valence-corrected chi connectivity index (χ2v) is 4.54. The molecule has 0 spiro atoms. The lowest BCUT2D eigenvalue weighted by atomic mass is 10.0. The first-order chi connectivity index (χ1) is 8.70. The average Bonchev–Trinajstić information content (AvgIpc) is 2.41. The van der Waals surface area contributed by atoms with E-state index in [9.17, 15) is 0 Å². The number of benzene rings is 2. The Hall–Kier alpha value is -1.51. The molecular weight excluding hydrogens is 246 g/mol. The smallest absolute Gasteiger partial charge is 0.132 e. The molecule has 0 aromatic heterocycles. The lowest BCUT2D eigenvalue weighted by molar-refractivity contribution is 0.468. The summed E-state index contributed by atoms with van der Waals surface area (Å²) in [5.41, 5.74) is 7.09. The Labute approximate surface area is 112 Å². The van der Waals surface area contributed by atoms with Crippen molar-refractivity contribution in [1.82, 2.24) is 0 Å². The predicted octanol–water partition coefficient (Wildman–Crippen LogP) is 4.54. The Balaban J connectivity index is 2.26. The quantitative estimate of drug-likeness (QED) is 0.877. The van der Waals surface area contributed by atoms with Crippen LogP contribution in [-0.4, -0.2) is 0 Å². The van der Waals surface area contributed by atoms with Crippen molar-refractivity contribution in [3.63, 3.8) is 0 Å². The fourth-order valence-electron chi connectivity index (χ4n) is 1.73. The summed E-state index contributed by atoms with van der Waals surface area (Å²) in [5, 5.41) is 0.695. The van der Waals surface area contributed by atoms with Gasteiger partial charge in [-0.3, -0.25) is 0 Å². The number of halogens is 1. The van der Waals surface area contributed by atoms with Crippen molar-refractivity contribution in [2.24, 2.45) is 5.73 Å². The maximum Gasteiger partial charge on any atom is 0.132 e. The number of ether oxygens (including phenoxy) is 1. The molecule has 0 aliphatic rings. The largest absolute Gasteiger partial charge is 0.457 e. The van der Waals surface area contributed by atoms with E-state index in [0.29, 0.717) is 5.02 Å². The van der Waals surface area contributed by atoms with Crippen LogP contribution in [0.1, 0.15) is 24.9 Å². The summed E-state index contributed by atoms with van der Waals surface area (Å²) in [6.45, 7) is 2.06. The van der Waals surface area contributed by atoms with Crippen LogP contribution >= 0.6 is 11.6 Å². The number of hydrogen-bond acceptors (Lipinski definition) is 2. The lowest BCUT2D eigenvalue weighted by Crippen LogP contribution is -2.09. The van der Waals surface area contributed by atoms with E-state index >= 15 is 0 Å². The second kappa shape index (κ2) is 5.89. The maximum absolute atomic E-state index is 6.07. The molecule has 0 unspecified atom stereocenters. The number of rotatable bonds is 4. The van der Waals surface area contributed by atoms with Gasteiger partial charge in [-0.15, -0.1) is 0 Å². The minimum absolute atomic E-state index is 0.00602. The van der Waals surface area contributed by atoms with E-state index in [4.69, 9.17) is 22.1 Å². The highest BCUT2D eigenvalue weighted by Crippen LogP contribution is 2.30. The fraction of sp³-hybridized carbons (Fsp3) is 0.200. The van der Waals surface area contributed by atoms with Crippen LogP contribution < -0.4 is 10.5 Å². The third-order valence-corrected chi connectivity index (χ3v) is 3.05. The molecule has 0 aliphatic carbocycles.